The van der Waals surface area contributed by atoms with Crippen LogP contribution in [0, 0.1) is 9.39 Å². The molecule has 0 bridgehead atoms. The Labute approximate surface area is 130 Å². The largest absolute Gasteiger partial charge is 0.320 e. The molecule has 0 spiro atoms. The molecule has 100 valence electrons. The van der Waals surface area contributed by atoms with E-state index in [0.717, 1.165) is 25.5 Å². The van der Waals surface area contributed by atoms with Crippen molar-refractivity contribution < 1.29 is 4.39 Å². The minimum atomic E-state index is -0.318. The first-order valence-electron chi connectivity index (χ1n) is 6.20. The smallest absolute Gasteiger partial charge is 0.124 e. The topological polar surface area (TPSA) is 38.9 Å². The second-order valence-corrected chi connectivity index (χ2v) is 5.76. The molecule has 0 saturated carbocycles. The quantitative estimate of drug-likeness (QED) is 0.684. The summed E-state index contributed by atoms with van der Waals surface area (Å²) in [6.45, 7) is 0. The molecular weight excluding hydrogens is 366 g/mol. The van der Waals surface area contributed by atoms with Gasteiger partial charge in [0.2, 0.25) is 0 Å². The van der Waals surface area contributed by atoms with Crippen LogP contribution < -0.4 is 5.73 Å². The van der Waals surface area contributed by atoms with Crippen molar-refractivity contribution in [3.05, 3.63) is 75.4 Å². The van der Waals surface area contributed by atoms with Gasteiger partial charge in [-0.15, -0.1) is 0 Å². The Bertz CT molecular complexity index is 768. The van der Waals surface area contributed by atoms with Gasteiger partial charge in [0, 0.05) is 21.4 Å². The third-order valence-electron chi connectivity index (χ3n) is 3.33. The average molecular weight is 378 g/mol. The van der Waals surface area contributed by atoms with Crippen LogP contribution in [0.2, 0.25) is 0 Å². The summed E-state index contributed by atoms with van der Waals surface area (Å²) in [7, 11) is 0. The van der Waals surface area contributed by atoms with Crippen molar-refractivity contribution in [2.75, 3.05) is 0 Å². The summed E-state index contributed by atoms with van der Waals surface area (Å²) in [5, 5.41) is 2.13. The molecule has 0 fully saturated rings. The molecule has 1 unspecified atom stereocenters. The molecule has 4 heteroatoms. The Kier molecular flexibility index (Phi) is 3.67. The first-order valence-corrected chi connectivity index (χ1v) is 7.28. The Morgan fingerprint density at radius 1 is 1.05 bits per heavy atom. The van der Waals surface area contributed by atoms with Gasteiger partial charge >= 0.3 is 0 Å². The molecule has 0 aliphatic rings. The lowest BCUT2D eigenvalue weighted by atomic mass is 9.96. The highest BCUT2D eigenvalue weighted by molar-refractivity contribution is 14.1. The molecule has 3 aromatic rings. The highest BCUT2D eigenvalue weighted by Gasteiger charge is 2.15. The van der Waals surface area contributed by atoms with Crippen molar-refractivity contribution in [2.24, 2.45) is 5.73 Å². The highest BCUT2D eigenvalue weighted by Crippen LogP contribution is 2.29. The summed E-state index contributed by atoms with van der Waals surface area (Å²) in [4.78, 5) is 4.25. The van der Waals surface area contributed by atoms with Crippen LogP contribution in [-0.2, 0) is 0 Å². The molecule has 1 aromatic heterocycles. The van der Waals surface area contributed by atoms with E-state index in [0.29, 0.717) is 0 Å². The van der Waals surface area contributed by atoms with Crippen LogP contribution in [0.3, 0.4) is 0 Å². The van der Waals surface area contributed by atoms with Crippen molar-refractivity contribution in [3.63, 3.8) is 0 Å². The summed E-state index contributed by atoms with van der Waals surface area (Å²) < 4.78 is 14.0. The van der Waals surface area contributed by atoms with Crippen LogP contribution >= 0.6 is 22.6 Å². The fourth-order valence-corrected chi connectivity index (χ4v) is 3.12. The van der Waals surface area contributed by atoms with Gasteiger partial charge in [-0.2, -0.15) is 0 Å². The maximum absolute atomic E-state index is 13.2. The van der Waals surface area contributed by atoms with Crippen LogP contribution in [0.25, 0.3) is 10.8 Å². The minimum absolute atomic E-state index is 0.249. The van der Waals surface area contributed by atoms with Gasteiger partial charge in [-0.3, -0.25) is 4.98 Å². The summed E-state index contributed by atoms with van der Waals surface area (Å²) in [6, 6.07) is 12.3. The first-order chi connectivity index (χ1) is 9.66. The van der Waals surface area contributed by atoms with Crippen molar-refractivity contribution in [3.8, 4) is 0 Å². The normalized spacial score (nSPS) is 12.6. The Hall–Kier alpha value is -1.53. The van der Waals surface area contributed by atoms with E-state index in [1.165, 1.54) is 12.1 Å². The Morgan fingerprint density at radius 3 is 2.65 bits per heavy atom. The van der Waals surface area contributed by atoms with Gasteiger partial charge < -0.3 is 5.73 Å². The first kappa shape index (κ1) is 13.5. The third kappa shape index (κ3) is 2.41. The molecular formula is C16H12FIN2. The molecule has 1 heterocycles. The van der Waals surface area contributed by atoms with Crippen LogP contribution in [-0.4, -0.2) is 4.98 Å². The van der Waals surface area contributed by atoms with E-state index in [2.05, 4.69) is 27.6 Å². The van der Waals surface area contributed by atoms with E-state index >= 15 is 0 Å². The highest BCUT2D eigenvalue weighted by atomic mass is 127. The standard InChI is InChI=1S/C16H12FIN2/c17-11-5-6-13(15(18)7-11)16(19)14-9-20-8-10-3-1-2-4-12(10)14/h1-9,16H,19H2. The Morgan fingerprint density at radius 2 is 1.85 bits per heavy atom. The van der Waals surface area contributed by atoms with E-state index in [4.69, 9.17) is 5.73 Å². The van der Waals surface area contributed by atoms with E-state index < -0.39 is 0 Å². The predicted molar refractivity (Wildman–Crippen MR) is 86.9 cm³/mol. The number of benzene rings is 2. The van der Waals surface area contributed by atoms with E-state index in [-0.39, 0.29) is 11.9 Å². The number of nitrogens with two attached hydrogens (primary N) is 1. The van der Waals surface area contributed by atoms with Gasteiger partial charge in [0.15, 0.2) is 0 Å². The zero-order valence-electron chi connectivity index (χ0n) is 10.6. The number of pyridine rings is 1. The molecule has 2 N–H and O–H groups in total. The monoisotopic (exact) mass is 378 g/mol. The lowest BCUT2D eigenvalue weighted by Gasteiger charge is -2.16. The molecule has 0 saturated heterocycles. The second kappa shape index (κ2) is 5.46. The molecule has 1 atom stereocenters. The van der Waals surface area contributed by atoms with Gasteiger partial charge in [0.05, 0.1) is 6.04 Å². The maximum Gasteiger partial charge on any atom is 0.124 e. The number of halogens is 2. The van der Waals surface area contributed by atoms with Crippen LogP contribution in [0.5, 0.6) is 0 Å². The zero-order chi connectivity index (χ0) is 14.1. The Balaban J connectivity index is 2.15. The van der Waals surface area contributed by atoms with Crippen molar-refractivity contribution in [1.82, 2.24) is 4.98 Å². The molecule has 0 amide bonds. The van der Waals surface area contributed by atoms with Gasteiger partial charge in [-0.25, -0.2) is 4.39 Å². The molecule has 0 aliphatic heterocycles. The summed E-state index contributed by atoms with van der Waals surface area (Å²) in [5.41, 5.74) is 8.23. The predicted octanol–water partition coefficient (Wildman–Crippen LogP) is 4.03. The SMILES string of the molecule is NC(c1ccc(F)cc1I)c1cncc2ccccc12. The van der Waals surface area contributed by atoms with E-state index in [9.17, 15) is 4.39 Å². The fraction of sp³-hybridized carbons (Fsp3) is 0.0625. The number of hydrogen-bond acceptors (Lipinski definition) is 2. The minimum Gasteiger partial charge on any atom is -0.320 e. The maximum atomic E-state index is 13.2. The average Bonchev–Trinajstić information content (AvgIpc) is 2.46. The van der Waals surface area contributed by atoms with Crippen molar-refractivity contribution >= 4 is 33.4 Å². The summed E-state index contributed by atoms with van der Waals surface area (Å²) in [6.07, 6.45) is 3.60. The number of fused-ring (bicyclic) bond motifs is 1. The third-order valence-corrected chi connectivity index (χ3v) is 4.27. The fourth-order valence-electron chi connectivity index (χ4n) is 2.31. The molecule has 0 radical (unpaired) electrons. The van der Waals surface area contributed by atoms with Crippen molar-refractivity contribution in [1.29, 1.82) is 0 Å². The van der Waals surface area contributed by atoms with Gasteiger partial charge in [-0.1, -0.05) is 30.3 Å². The number of rotatable bonds is 2. The van der Waals surface area contributed by atoms with Gasteiger partial charge in [0.1, 0.15) is 5.82 Å². The molecule has 2 aromatic carbocycles. The van der Waals surface area contributed by atoms with Gasteiger partial charge in [-0.05, 0) is 51.2 Å². The number of nitrogens with zero attached hydrogens (tertiary/aromatic N) is 1. The van der Waals surface area contributed by atoms with Crippen LogP contribution in [0.15, 0.2) is 54.9 Å². The number of hydrogen-bond donors (Lipinski definition) is 1. The molecule has 0 aliphatic carbocycles. The van der Waals surface area contributed by atoms with Crippen LogP contribution in [0.4, 0.5) is 4.39 Å². The molecule has 2 nitrogen and oxygen atoms in total. The van der Waals surface area contributed by atoms with E-state index in [1.807, 2.05) is 30.5 Å². The summed E-state index contributed by atoms with van der Waals surface area (Å²) in [5.74, 6) is -0.249. The van der Waals surface area contributed by atoms with Crippen molar-refractivity contribution in [2.45, 2.75) is 6.04 Å². The number of aromatic nitrogens is 1. The lowest BCUT2D eigenvalue weighted by molar-refractivity contribution is 0.625. The molecule has 20 heavy (non-hydrogen) atoms. The van der Waals surface area contributed by atoms with Gasteiger partial charge in [0.25, 0.3) is 0 Å². The zero-order valence-corrected chi connectivity index (χ0v) is 12.7. The molecule has 3 rings (SSSR count). The second-order valence-electron chi connectivity index (χ2n) is 4.59. The van der Waals surface area contributed by atoms with Crippen LogP contribution in [0.1, 0.15) is 17.2 Å². The lowest BCUT2D eigenvalue weighted by Crippen LogP contribution is -2.14. The summed E-state index contributed by atoms with van der Waals surface area (Å²) >= 11 is 2.11. The van der Waals surface area contributed by atoms with E-state index in [1.54, 1.807) is 12.3 Å².